The van der Waals surface area contributed by atoms with Crippen LogP contribution in [0.4, 0.5) is 5.82 Å². The average Bonchev–Trinajstić information content (AvgIpc) is 3.38. The zero-order valence-corrected chi connectivity index (χ0v) is 17.1. The number of thiophene rings is 2. The van der Waals surface area contributed by atoms with Gasteiger partial charge in [0.1, 0.15) is 30.3 Å². The Morgan fingerprint density at radius 3 is 2.93 bits per heavy atom. The van der Waals surface area contributed by atoms with Crippen molar-refractivity contribution in [2.24, 2.45) is 0 Å². The van der Waals surface area contributed by atoms with Gasteiger partial charge in [0.15, 0.2) is 5.82 Å². The summed E-state index contributed by atoms with van der Waals surface area (Å²) in [5.41, 5.74) is 1.17. The summed E-state index contributed by atoms with van der Waals surface area (Å²) in [7, 11) is 0. The van der Waals surface area contributed by atoms with Crippen molar-refractivity contribution < 1.29 is 14.4 Å². The highest BCUT2D eigenvalue weighted by atomic mass is 32.1. The zero-order valence-electron chi connectivity index (χ0n) is 15.4. The Morgan fingerprint density at radius 2 is 2.14 bits per heavy atom. The summed E-state index contributed by atoms with van der Waals surface area (Å²) in [6.07, 6.45) is 0. The molecule has 2 aliphatic heterocycles. The standard InChI is InChI=1S/C19H21N5O2S2/c25-16-11-24(4-3-20-16)18-17-13(14-2-1-9-27-14)12-28-19(17)22-15(21-18)10-23-5-7-26-8-6-23/h1-2,9,12H,3-8,10-11H2,(H,20,25)/p+1. The van der Waals surface area contributed by atoms with Crippen LogP contribution in [0.5, 0.6) is 0 Å². The van der Waals surface area contributed by atoms with Gasteiger partial charge in [0.05, 0.1) is 25.1 Å². The lowest BCUT2D eigenvalue weighted by Crippen LogP contribution is -3.12. The van der Waals surface area contributed by atoms with Crippen LogP contribution in [-0.2, 0) is 16.1 Å². The van der Waals surface area contributed by atoms with Gasteiger partial charge in [0, 0.05) is 28.9 Å². The van der Waals surface area contributed by atoms with E-state index in [-0.39, 0.29) is 5.91 Å². The minimum Gasteiger partial charge on any atom is -0.370 e. The maximum atomic E-state index is 12.0. The third kappa shape index (κ3) is 3.50. The fraction of sp³-hybridized carbons (Fsp3) is 0.421. The van der Waals surface area contributed by atoms with Crippen LogP contribution in [0, 0.1) is 0 Å². The van der Waals surface area contributed by atoms with E-state index < -0.39 is 0 Å². The van der Waals surface area contributed by atoms with Gasteiger partial charge in [-0.1, -0.05) is 6.07 Å². The van der Waals surface area contributed by atoms with Crippen molar-refractivity contribution in [2.45, 2.75) is 6.54 Å². The van der Waals surface area contributed by atoms with Gasteiger partial charge >= 0.3 is 0 Å². The van der Waals surface area contributed by atoms with Crippen molar-refractivity contribution in [3.63, 3.8) is 0 Å². The van der Waals surface area contributed by atoms with Crippen molar-refractivity contribution in [2.75, 3.05) is 50.8 Å². The second kappa shape index (κ2) is 7.75. The van der Waals surface area contributed by atoms with Crippen molar-refractivity contribution >= 4 is 44.6 Å². The molecule has 0 spiro atoms. The summed E-state index contributed by atoms with van der Waals surface area (Å²) < 4.78 is 5.47. The van der Waals surface area contributed by atoms with Crippen molar-refractivity contribution in [3.05, 3.63) is 28.7 Å². The molecule has 0 saturated carbocycles. The maximum Gasteiger partial charge on any atom is 0.239 e. The molecule has 2 fully saturated rings. The van der Waals surface area contributed by atoms with E-state index in [1.54, 1.807) is 22.7 Å². The van der Waals surface area contributed by atoms with E-state index in [1.807, 2.05) is 0 Å². The summed E-state index contributed by atoms with van der Waals surface area (Å²) in [5, 5.41) is 8.24. The number of hydrogen-bond acceptors (Lipinski definition) is 7. The van der Waals surface area contributed by atoms with Crippen LogP contribution in [0.3, 0.4) is 0 Å². The van der Waals surface area contributed by atoms with Crippen LogP contribution in [0.2, 0.25) is 0 Å². The molecule has 2 aliphatic rings. The van der Waals surface area contributed by atoms with E-state index >= 15 is 0 Å². The Morgan fingerprint density at radius 1 is 1.25 bits per heavy atom. The molecular weight excluding hydrogens is 394 g/mol. The second-order valence-electron chi connectivity index (χ2n) is 7.08. The van der Waals surface area contributed by atoms with Gasteiger partial charge in [-0.25, -0.2) is 9.97 Å². The number of quaternary nitrogens is 1. The summed E-state index contributed by atoms with van der Waals surface area (Å²) >= 11 is 3.38. The van der Waals surface area contributed by atoms with E-state index in [0.717, 1.165) is 61.3 Å². The highest BCUT2D eigenvalue weighted by Gasteiger charge is 2.25. The van der Waals surface area contributed by atoms with Gasteiger partial charge < -0.3 is 19.9 Å². The Labute approximate surface area is 171 Å². The summed E-state index contributed by atoms with van der Waals surface area (Å²) in [6.45, 7) is 6.08. The Bertz CT molecular complexity index is 982. The number of aromatic nitrogens is 2. The third-order valence-electron chi connectivity index (χ3n) is 5.19. The molecule has 0 bridgehead atoms. The lowest BCUT2D eigenvalue weighted by Gasteiger charge is -2.29. The van der Waals surface area contributed by atoms with Crippen LogP contribution in [-0.4, -0.2) is 61.8 Å². The molecule has 0 unspecified atom stereocenters. The molecular formula is C19H22N5O2S2+. The monoisotopic (exact) mass is 416 g/mol. The van der Waals surface area contributed by atoms with Gasteiger partial charge in [0.2, 0.25) is 5.91 Å². The summed E-state index contributed by atoms with van der Waals surface area (Å²) in [5.74, 6) is 1.79. The molecule has 146 valence electrons. The van der Waals surface area contributed by atoms with Crippen LogP contribution < -0.4 is 15.1 Å². The molecule has 7 nitrogen and oxygen atoms in total. The lowest BCUT2D eigenvalue weighted by atomic mass is 10.1. The second-order valence-corrected chi connectivity index (χ2v) is 8.89. The van der Waals surface area contributed by atoms with E-state index in [9.17, 15) is 4.79 Å². The van der Waals surface area contributed by atoms with Crippen LogP contribution in [0.25, 0.3) is 20.7 Å². The van der Waals surface area contributed by atoms with Crippen LogP contribution in [0.15, 0.2) is 22.9 Å². The number of piperazine rings is 1. The Balaban J connectivity index is 1.59. The predicted molar refractivity (Wildman–Crippen MR) is 111 cm³/mol. The molecule has 0 aromatic carbocycles. The first kappa shape index (κ1) is 18.0. The number of rotatable bonds is 4. The quantitative estimate of drug-likeness (QED) is 0.658. The number of hydrogen-bond donors (Lipinski definition) is 2. The number of nitrogens with zero attached hydrogens (tertiary/aromatic N) is 3. The largest absolute Gasteiger partial charge is 0.370 e. The minimum absolute atomic E-state index is 0.0475. The fourth-order valence-corrected chi connectivity index (χ4v) is 5.54. The molecule has 0 aliphatic carbocycles. The van der Waals surface area contributed by atoms with Crippen molar-refractivity contribution in [1.82, 2.24) is 15.3 Å². The average molecular weight is 417 g/mol. The number of nitrogens with one attached hydrogen (secondary N) is 2. The topological polar surface area (TPSA) is 71.8 Å². The van der Waals surface area contributed by atoms with Crippen LogP contribution >= 0.6 is 22.7 Å². The first-order chi connectivity index (χ1) is 13.8. The summed E-state index contributed by atoms with van der Waals surface area (Å²) in [6, 6.07) is 4.19. The minimum atomic E-state index is 0.0475. The molecule has 5 heterocycles. The molecule has 9 heteroatoms. The van der Waals surface area contributed by atoms with Crippen LogP contribution in [0.1, 0.15) is 5.82 Å². The number of carbonyl (C=O) groups excluding carboxylic acids is 1. The number of carbonyl (C=O) groups is 1. The number of amides is 1. The maximum absolute atomic E-state index is 12.0. The summed E-state index contributed by atoms with van der Waals surface area (Å²) in [4.78, 5) is 27.7. The number of fused-ring (bicyclic) bond motifs is 1. The highest BCUT2D eigenvalue weighted by molar-refractivity contribution is 7.18. The number of ether oxygens (including phenoxy) is 1. The van der Waals surface area contributed by atoms with E-state index in [1.165, 1.54) is 15.3 Å². The first-order valence-electron chi connectivity index (χ1n) is 9.53. The third-order valence-corrected chi connectivity index (χ3v) is 6.97. The van der Waals surface area contributed by atoms with Crippen molar-refractivity contribution in [1.29, 1.82) is 0 Å². The van der Waals surface area contributed by atoms with Gasteiger partial charge in [-0.05, 0) is 11.4 Å². The smallest absolute Gasteiger partial charge is 0.239 e. The van der Waals surface area contributed by atoms with E-state index in [4.69, 9.17) is 14.7 Å². The normalized spacial score (nSPS) is 18.6. The molecule has 0 radical (unpaired) electrons. The molecule has 3 aromatic rings. The van der Waals surface area contributed by atoms with E-state index in [0.29, 0.717) is 13.1 Å². The van der Waals surface area contributed by atoms with E-state index in [2.05, 4.69) is 33.1 Å². The predicted octanol–water partition coefficient (Wildman–Crippen LogP) is 0.771. The van der Waals surface area contributed by atoms with Gasteiger partial charge in [-0.2, -0.15) is 0 Å². The van der Waals surface area contributed by atoms with Gasteiger partial charge in [0.25, 0.3) is 0 Å². The van der Waals surface area contributed by atoms with Gasteiger partial charge in [-0.15, -0.1) is 22.7 Å². The van der Waals surface area contributed by atoms with Crippen molar-refractivity contribution in [3.8, 4) is 10.4 Å². The Kier molecular flexibility index (Phi) is 4.98. The molecule has 2 saturated heterocycles. The molecule has 28 heavy (non-hydrogen) atoms. The molecule has 2 N–H and O–H groups in total. The number of morpholine rings is 1. The Hall–Kier alpha value is -2.07. The molecule has 0 atom stereocenters. The molecule has 1 amide bonds. The molecule has 3 aromatic heterocycles. The molecule has 5 rings (SSSR count). The first-order valence-corrected chi connectivity index (χ1v) is 11.3. The number of anilines is 1. The fourth-order valence-electron chi connectivity index (χ4n) is 3.77. The SMILES string of the molecule is O=C1CN(c2nc(C[NH+]3CCOCC3)nc3scc(-c4cccs4)c23)CCN1. The lowest BCUT2D eigenvalue weighted by molar-refractivity contribution is -0.922. The zero-order chi connectivity index (χ0) is 18.9. The van der Waals surface area contributed by atoms with Gasteiger partial charge in [-0.3, -0.25) is 4.79 Å². The highest BCUT2D eigenvalue weighted by Crippen LogP contribution is 2.40.